The van der Waals surface area contributed by atoms with Gasteiger partial charge in [0.2, 0.25) is 5.95 Å². The van der Waals surface area contributed by atoms with Crippen LogP contribution < -0.4 is 5.32 Å². The van der Waals surface area contributed by atoms with Crippen LogP contribution in [0.1, 0.15) is 49.3 Å². The van der Waals surface area contributed by atoms with Gasteiger partial charge in [0.15, 0.2) is 0 Å². The van der Waals surface area contributed by atoms with Gasteiger partial charge in [-0.3, -0.25) is 4.57 Å². The number of halogens is 6. The molecule has 2 aromatic rings. The topological polar surface area (TPSA) is 42.7 Å². The summed E-state index contributed by atoms with van der Waals surface area (Å²) in [6.07, 6.45) is -3.51. The number of nitrogens with zero attached hydrogens (tertiary/aromatic N) is 3. The first-order valence-electron chi connectivity index (χ1n) is 8.10. The van der Waals surface area contributed by atoms with E-state index in [0.29, 0.717) is 12.1 Å². The van der Waals surface area contributed by atoms with E-state index in [1.807, 2.05) is 0 Å². The Morgan fingerprint density at radius 2 is 1.46 bits per heavy atom. The lowest BCUT2D eigenvalue weighted by Gasteiger charge is -2.24. The SMILES string of the molecule is FC(F)(F)c1cc(Nc2nncn2C2CCCCC2)cc(C(F)(F)F)c1. The van der Waals surface area contributed by atoms with Gasteiger partial charge in [-0.05, 0) is 31.0 Å². The number of alkyl halides is 6. The van der Waals surface area contributed by atoms with E-state index in [1.165, 1.54) is 6.33 Å². The predicted molar refractivity (Wildman–Crippen MR) is 81.9 cm³/mol. The van der Waals surface area contributed by atoms with Crippen LogP contribution in [0.4, 0.5) is 38.0 Å². The van der Waals surface area contributed by atoms with E-state index < -0.39 is 23.5 Å². The maximum atomic E-state index is 13.0. The molecule has 0 unspecified atom stereocenters. The summed E-state index contributed by atoms with van der Waals surface area (Å²) in [6.45, 7) is 0. The lowest BCUT2D eigenvalue weighted by atomic mass is 9.95. The van der Waals surface area contributed by atoms with E-state index in [9.17, 15) is 26.3 Å². The molecule has 142 valence electrons. The highest BCUT2D eigenvalue weighted by Gasteiger charge is 2.37. The summed E-state index contributed by atoms with van der Waals surface area (Å²) in [7, 11) is 0. The zero-order chi connectivity index (χ0) is 18.9. The second-order valence-corrected chi connectivity index (χ2v) is 6.27. The van der Waals surface area contributed by atoms with Gasteiger partial charge in [-0.25, -0.2) is 0 Å². The van der Waals surface area contributed by atoms with Crippen LogP contribution in [0.25, 0.3) is 0 Å². The monoisotopic (exact) mass is 378 g/mol. The predicted octanol–water partition coefficient (Wildman–Crippen LogP) is 5.56. The molecule has 1 aliphatic rings. The van der Waals surface area contributed by atoms with Crippen molar-refractivity contribution in [1.29, 1.82) is 0 Å². The van der Waals surface area contributed by atoms with Crippen molar-refractivity contribution >= 4 is 11.6 Å². The molecule has 1 heterocycles. The van der Waals surface area contributed by atoms with E-state index in [4.69, 9.17) is 0 Å². The molecule has 0 amide bonds. The van der Waals surface area contributed by atoms with Crippen molar-refractivity contribution < 1.29 is 26.3 Å². The van der Waals surface area contributed by atoms with Gasteiger partial charge in [0.05, 0.1) is 11.1 Å². The minimum absolute atomic E-state index is 0.0779. The number of hydrogen-bond donors (Lipinski definition) is 1. The number of hydrogen-bond acceptors (Lipinski definition) is 3. The van der Waals surface area contributed by atoms with Crippen molar-refractivity contribution in [1.82, 2.24) is 14.8 Å². The van der Waals surface area contributed by atoms with E-state index >= 15 is 0 Å². The quantitative estimate of drug-likeness (QED) is 0.711. The van der Waals surface area contributed by atoms with E-state index in [2.05, 4.69) is 15.5 Å². The average Bonchev–Trinajstić information content (AvgIpc) is 3.02. The van der Waals surface area contributed by atoms with Crippen molar-refractivity contribution in [2.75, 3.05) is 5.32 Å². The first kappa shape index (κ1) is 18.5. The summed E-state index contributed by atoms with van der Waals surface area (Å²) >= 11 is 0. The molecule has 3 rings (SSSR count). The Morgan fingerprint density at radius 3 is 2.00 bits per heavy atom. The Balaban J connectivity index is 1.94. The minimum Gasteiger partial charge on any atom is -0.324 e. The lowest BCUT2D eigenvalue weighted by molar-refractivity contribution is -0.143. The van der Waals surface area contributed by atoms with Gasteiger partial charge >= 0.3 is 12.4 Å². The molecule has 0 spiro atoms. The number of anilines is 2. The summed E-state index contributed by atoms with van der Waals surface area (Å²) < 4.78 is 79.4. The van der Waals surface area contributed by atoms with Gasteiger partial charge in [-0.1, -0.05) is 19.3 Å². The Kier molecular flexibility index (Phi) is 4.85. The second-order valence-electron chi connectivity index (χ2n) is 6.27. The van der Waals surface area contributed by atoms with Crippen LogP contribution in [0.2, 0.25) is 0 Å². The number of benzene rings is 1. The molecule has 1 N–H and O–H groups in total. The highest BCUT2D eigenvalue weighted by molar-refractivity contribution is 5.57. The standard InChI is InChI=1S/C16H16F6N4/c17-15(18,19)10-6-11(16(20,21)22)8-12(7-10)24-14-25-23-9-26(14)13-4-2-1-3-5-13/h6-9,13H,1-5H2,(H,24,25). The van der Waals surface area contributed by atoms with E-state index in [1.54, 1.807) is 4.57 Å². The summed E-state index contributed by atoms with van der Waals surface area (Å²) in [5.41, 5.74) is -3.09. The summed E-state index contributed by atoms with van der Waals surface area (Å²) in [4.78, 5) is 0. The van der Waals surface area contributed by atoms with Gasteiger partial charge in [0, 0.05) is 11.7 Å². The van der Waals surface area contributed by atoms with Crippen molar-refractivity contribution in [2.24, 2.45) is 0 Å². The Morgan fingerprint density at radius 1 is 0.885 bits per heavy atom. The van der Waals surface area contributed by atoms with Gasteiger partial charge in [-0.2, -0.15) is 26.3 Å². The Bertz CT molecular complexity index is 727. The van der Waals surface area contributed by atoms with Gasteiger partial charge in [-0.15, -0.1) is 10.2 Å². The third kappa shape index (κ3) is 4.10. The molecule has 0 aliphatic heterocycles. The average molecular weight is 378 g/mol. The maximum absolute atomic E-state index is 13.0. The minimum atomic E-state index is -4.89. The molecular formula is C16H16F6N4. The van der Waals surface area contributed by atoms with Crippen LogP contribution in [0, 0.1) is 0 Å². The first-order valence-corrected chi connectivity index (χ1v) is 8.10. The second kappa shape index (κ2) is 6.81. The molecule has 0 radical (unpaired) electrons. The number of nitrogens with one attached hydrogen (secondary N) is 1. The fourth-order valence-electron chi connectivity index (χ4n) is 3.11. The van der Waals surface area contributed by atoms with Crippen LogP contribution in [0.3, 0.4) is 0 Å². The molecule has 10 heteroatoms. The maximum Gasteiger partial charge on any atom is 0.416 e. The van der Waals surface area contributed by atoms with Crippen molar-refractivity contribution in [3.63, 3.8) is 0 Å². The van der Waals surface area contributed by atoms with Crippen LogP contribution in [0.5, 0.6) is 0 Å². The summed E-state index contributed by atoms with van der Waals surface area (Å²) in [6, 6.07) is 1.44. The normalized spacial score (nSPS) is 16.7. The van der Waals surface area contributed by atoms with Gasteiger partial charge in [0.1, 0.15) is 6.33 Å². The number of aromatic nitrogens is 3. The van der Waals surface area contributed by atoms with Crippen LogP contribution >= 0.6 is 0 Å². The summed E-state index contributed by atoms with van der Waals surface area (Å²) in [5, 5.41) is 10.1. The van der Waals surface area contributed by atoms with E-state index in [-0.39, 0.29) is 23.7 Å². The van der Waals surface area contributed by atoms with Crippen molar-refractivity contribution in [3.8, 4) is 0 Å². The van der Waals surface area contributed by atoms with Crippen molar-refractivity contribution in [2.45, 2.75) is 50.5 Å². The molecule has 1 aliphatic carbocycles. The third-order valence-electron chi connectivity index (χ3n) is 4.38. The molecule has 0 saturated heterocycles. The van der Waals surface area contributed by atoms with Crippen LogP contribution in [-0.4, -0.2) is 14.8 Å². The zero-order valence-corrected chi connectivity index (χ0v) is 13.5. The molecule has 0 bridgehead atoms. The molecule has 1 fully saturated rings. The molecule has 1 aromatic heterocycles. The van der Waals surface area contributed by atoms with Gasteiger partial charge < -0.3 is 5.32 Å². The fraction of sp³-hybridized carbons (Fsp3) is 0.500. The third-order valence-corrected chi connectivity index (χ3v) is 4.38. The molecule has 1 aromatic carbocycles. The van der Waals surface area contributed by atoms with Crippen molar-refractivity contribution in [3.05, 3.63) is 35.7 Å². The molecule has 4 nitrogen and oxygen atoms in total. The Hall–Kier alpha value is -2.26. The summed E-state index contributed by atoms with van der Waals surface area (Å²) in [5.74, 6) is 0.129. The van der Waals surface area contributed by atoms with Crippen LogP contribution in [-0.2, 0) is 12.4 Å². The zero-order valence-electron chi connectivity index (χ0n) is 13.5. The van der Waals surface area contributed by atoms with E-state index in [0.717, 1.165) is 32.1 Å². The first-order chi connectivity index (χ1) is 12.1. The smallest absolute Gasteiger partial charge is 0.324 e. The molecular weight excluding hydrogens is 362 g/mol. The van der Waals surface area contributed by atoms with Crippen LogP contribution in [0.15, 0.2) is 24.5 Å². The Labute approximate surface area is 145 Å². The largest absolute Gasteiger partial charge is 0.416 e. The number of rotatable bonds is 3. The fourth-order valence-corrected chi connectivity index (χ4v) is 3.11. The molecule has 0 atom stereocenters. The molecule has 26 heavy (non-hydrogen) atoms. The highest BCUT2D eigenvalue weighted by atomic mass is 19.4. The lowest BCUT2D eigenvalue weighted by Crippen LogP contribution is -2.15. The molecule has 1 saturated carbocycles. The van der Waals surface area contributed by atoms with Gasteiger partial charge in [0.25, 0.3) is 0 Å². The highest BCUT2D eigenvalue weighted by Crippen LogP contribution is 2.38.